The van der Waals surface area contributed by atoms with Gasteiger partial charge in [0.15, 0.2) is 0 Å². The molecule has 1 fully saturated rings. The minimum atomic E-state index is -3.51. The van der Waals surface area contributed by atoms with Gasteiger partial charge in [-0.15, -0.1) is 0 Å². The number of rotatable bonds is 7. The van der Waals surface area contributed by atoms with E-state index in [2.05, 4.69) is 4.90 Å². The van der Waals surface area contributed by atoms with Gasteiger partial charge in [-0.2, -0.15) is 4.31 Å². The Balaban J connectivity index is 1.86. The molecule has 1 heterocycles. The molecule has 1 aliphatic rings. The second-order valence-corrected chi connectivity index (χ2v) is 10.8. The van der Waals surface area contributed by atoms with Crippen molar-refractivity contribution in [2.45, 2.75) is 11.3 Å². The highest BCUT2D eigenvalue weighted by Crippen LogP contribution is 2.19. The van der Waals surface area contributed by atoms with E-state index >= 15 is 0 Å². The molecule has 25 heavy (non-hydrogen) atoms. The molecule has 7 nitrogen and oxygen atoms in total. The first kappa shape index (κ1) is 20.6. The lowest BCUT2D eigenvalue weighted by molar-refractivity contribution is 0.189. The van der Waals surface area contributed by atoms with Crippen LogP contribution in [-0.2, 0) is 20.0 Å². The number of hydrogen-bond donors (Lipinski definition) is 0. The smallest absolute Gasteiger partial charge is 0.243 e. The van der Waals surface area contributed by atoms with Gasteiger partial charge in [-0.05, 0) is 37.2 Å². The molecule has 1 aliphatic heterocycles. The fourth-order valence-electron chi connectivity index (χ4n) is 2.60. The summed E-state index contributed by atoms with van der Waals surface area (Å²) in [6, 6.07) is 6.15. The van der Waals surface area contributed by atoms with Gasteiger partial charge < -0.3 is 4.90 Å². The van der Waals surface area contributed by atoms with Crippen LogP contribution in [0, 0.1) is 0 Å². The molecular formula is C15H24ClN3O4S2. The van der Waals surface area contributed by atoms with E-state index in [4.69, 9.17) is 11.6 Å². The van der Waals surface area contributed by atoms with Gasteiger partial charge in [0, 0.05) is 45.3 Å². The van der Waals surface area contributed by atoms with Gasteiger partial charge in [0.1, 0.15) is 0 Å². The predicted molar refractivity (Wildman–Crippen MR) is 98.7 cm³/mol. The van der Waals surface area contributed by atoms with E-state index in [1.54, 1.807) is 12.1 Å². The first-order valence-corrected chi connectivity index (χ1v) is 11.4. The molecular weight excluding hydrogens is 386 g/mol. The Morgan fingerprint density at radius 1 is 1.00 bits per heavy atom. The van der Waals surface area contributed by atoms with Crippen molar-refractivity contribution < 1.29 is 16.8 Å². The van der Waals surface area contributed by atoms with Crippen LogP contribution in [-0.4, -0.2) is 82.9 Å². The molecule has 0 radical (unpaired) electrons. The molecule has 0 aliphatic carbocycles. The standard InChI is InChI=1S/C15H24ClN3O4S2/c1-17(2)24(20,21)13-3-8-18-9-11-19(12-10-18)25(22,23)15-6-4-14(16)5-7-15/h4-7H,3,8-13H2,1-2H3. The van der Waals surface area contributed by atoms with Gasteiger partial charge in [-0.1, -0.05) is 11.6 Å². The highest BCUT2D eigenvalue weighted by molar-refractivity contribution is 7.89. The van der Waals surface area contributed by atoms with Crippen LogP contribution in [0.1, 0.15) is 6.42 Å². The summed E-state index contributed by atoms with van der Waals surface area (Å²) < 4.78 is 51.4. The zero-order valence-electron chi connectivity index (χ0n) is 14.4. The van der Waals surface area contributed by atoms with Crippen LogP contribution in [0.25, 0.3) is 0 Å². The van der Waals surface area contributed by atoms with Crippen molar-refractivity contribution in [3.63, 3.8) is 0 Å². The van der Waals surface area contributed by atoms with E-state index in [-0.39, 0.29) is 10.6 Å². The highest BCUT2D eigenvalue weighted by atomic mass is 35.5. The van der Waals surface area contributed by atoms with Crippen molar-refractivity contribution in [1.29, 1.82) is 0 Å². The van der Waals surface area contributed by atoms with Crippen molar-refractivity contribution >= 4 is 31.6 Å². The monoisotopic (exact) mass is 409 g/mol. The largest absolute Gasteiger partial charge is 0.301 e. The minimum Gasteiger partial charge on any atom is -0.301 e. The average molecular weight is 410 g/mol. The van der Waals surface area contributed by atoms with Gasteiger partial charge in [-0.3, -0.25) is 0 Å². The molecule has 0 saturated carbocycles. The third-order valence-electron chi connectivity index (χ3n) is 4.22. The summed E-state index contributed by atoms with van der Waals surface area (Å²) in [5.74, 6) is 0.100. The van der Waals surface area contributed by atoms with Gasteiger partial charge in [0.2, 0.25) is 20.0 Å². The van der Waals surface area contributed by atoms with E-state index in [9.17, 15) is 16.8 Å². The molecule has 1 saturated heterocycles. The van der Waals surface area contributed by atoms with Crippen molar-refractivity contribution in [3.8, 4) is 0 Å². The molecule has 0 unspecified atom stereocenters. The van der Waals surface area contributed by atoms with E-state index in [0.29, 0.717) is 44.2 Å². The van der Waals surface area contributed by atoms with Crippen LogP contribution in [0.15, 0.2) is 29.2 Å². The maximum Gasteiger partial charge on any atom is 0.243 e. The number of piperazine rings is 1. The Labute approximate surface area is 155 Å². The first-order valence-electron chi connectivity index (χ1n) is 8.01. The maximum absolute atomic E-state index is 12.6. The fraction of sp³-hybridized carbons (Fsp3) is 0.600. The minimum absolute atomic E-state index is 0.100. The van der Waals surface area contributed by atoms with Crippen molar-refractivity contribution in [3.05, 3.63) is 29.3 Å². The van der Waals surface area contributed by atoms with Crippen LogP contribution >= 0.6 is 11.6 Å². The maximum atomic E-state index is 12.6. The Kier molecular flexibility index (Phi) is 6.86. The number of hydrogen-bond acceptors (Lipinski definition) is 5. The number of halogens is 1. The third-order valence-corrected chi connectivity index (χ3v) is 8.30. The zero-order chi connectivity index (χ0) is 18.7. The SMILES string of the molecule is CN(C)S(=O)(=O)CCCN1CCN(S(=O)(=O)c2ccc(Cl)cc2)CC1. The van der Waals surface area contributed by atoms with Crippen molar-refractivity contribution in [1.82, 2.24) is 13.5 Å². The van der Waals surface area contributed by atoms with Crippen LogP contribution in [0.3, 0.4) is 0 Å². The van der Waals surface area contributed by atoms with Crippen LogP contribution in [0.2, 0.25) is 5.02 Å². The molecule has 0 atom stereocenters. The summed E-state index contributed by atoms with van der Waals surface area (Å²) >= 11 is 5.81. The summed E-state index contributed by atoms with van der Waals surface area (Å²) in [5.41, 5.74) is 0. The van der Waals surface area contributed by atoms with E-state index in [0.717, 1.165) is 0 Å². The van der Waals surface area contributed by atoms with Gasteiger partial charge in [-0.25, -0.2) is 21.1 Å². The molecule has 1 aromatic rings. The first-order chi connectivity index (χ1) is 11.6. The quantitative estimate of drug-likeness (QED) is 0.669. The summed E-state index contributed by atoms with van der Waals surface area (Å²) in [5, 5.41) is 0.497. The Morgan fingerprint density at radius 3 is 2.08 bits per heavy atom. The van der Waals surface area contributed by atoms with E-state index < -0.39 is 20.0 Å². The second kappa shape index (κ2) is 8.32. The van der Waals surface area contributed by atoms with Crippen LogP contribution in [0.5, 0.6) is 0 Å². The van der Waals surface area contributed by atoms with Gasteiger partial charge >= 0.3 is 0 Å². The fourth-order valence-corrected chi connectivity index (χ4v) is 5.01. The number of benzene rings is 1. The zero-order valence-corrected chi connectivity index (χ0v) is 16.8. The van der Waals surface area contributed by atoms with E-state index in [1.165, 1.54) is 34.8 Å². The lowest BCUT2D eigenvalue weighted by Gasteiger charge is -2.34. The topological polar surface area (TPSA) is 78.0 Å². The number of sulfonamides is 2. The Bertz CT molecular complexity index is 771. The molecule has 0 amide bonds. The summed E-state index contributed by atoms with van der Waals surface area (Å²) in [4.78, 5) is 2.33. The molecule has 0 spiro atoms. The van der Waals surface area contributed by atoms with Crippen molar-refractivity contribution in [2.75, 3.05) is 52.6 Å². The van der Waals surface area contributed by atoms with E-state index in [1.807, 2.05) is 0 Å². The van der Waals surface area contributed by atoms with Crippen molar-refractivity contribution in [2.24, 2.45) is 0 Å². The molecule has 142 valence electrons. The van der Waals surface area contributed by atoms with Gasteiger partial charge in [0.05, 0.1) is 10.6 Å². The summed E-state index contributed by atoms with van der Waals surface area (Å²) in [6.45, 7) is 2.61. The molecule has 0 bridgehead atoms. The predicted octanol–water partition coefficient (Wildman–Crippen LogP) is 0.928. The summed E-state index contributed by atoms with van der Waals surface area (Å²) in [6.07, 6.45) is 0.532. The highest BCUT2D eigenvalue weighted by Gasteiger charge is 2.28. The molecule has 0 N–H and O–H groups in total. The van der Waals surface area contributed by atoms with Gasteiger partial charge in [0.25, 0.3) is 0 Å². The average Bonchev–Trinajstić information content (AvgIpc) is 2.55. The Hall–Kier alpha value is -0.710. The normalized spacial score (nSPS) is 17.9. The number of nitrogens with zero attached hydrogens (tertiary/aromatic N) is 3. The molecule has 1 aromatic carbocycles. The third kappa shape index (κ3) is 5.38. The molecule has 10 heteroatoms. The lowest BCUT2D eigenvalue weighted by atomic mass is 10.3. The molecule has 2 rings (SSSR count). The Morgan fingerprint density at radius 2 is 1.56 bits per heavy atom. The molecule has 0 aromatic heterocycles. The lowest BCUT2D eigenvalue weighted by Crippen LogP contribution is -2.48. The van der Waals surface area contributed by atoms with Crippen LogP contribution in [0.4, 0.5) is 0 Å². The van der Waals surface area contributed by atoms with Crippen LogP contribution < -0.4 is 0 Å². The summed E-state index contributed by atoms with van der Waals surface area (Å²) in [7, 11) is -3.65. The second-order valence-electron chi connectivity index (χ2n) is 6.15.